The molecule has 2 nitrogen and oxygen atoms in total. The molecule has 0 N–H and O–H groups in total. The minimum Gasteiger partial charge on any atom is -0.159 e. The average molecular weight is 178 g/mol. The molecule has 0 bridgehead atoms. The maximum absolute atomic E-state index is 4.06. The Kier molecular flexibility index (Phi) is 2.69. The fourth-order valence-corrected chi connectivity index (χ4v) is 1.34. The highest BCUT2D eigenvalue weighted by molar-refractivity contribution is 5.22. The molecule has 0 fully saturated rings. The summed E-state index contributed by atoms with van der Waals surface area (Å²) in [5.41, 5.74) is 2.64. The summed E-state index contributed by atoms with van der Waals surface area (Å²) in [4.78, 5) is 0. The van der Waals surface area contributed by atoms with Gasteiger partial charge in [-0.25, -0.2) is 0 Å². The fraction of sp³-hybridized carbons (Fsp3) is 0.636. The Hall–Kier alpha value is -0.920. The molecule has 0 radical (unpaired) electrons. The van der Waals surface area contributed by atoms with Crippen molar-refractivity contribution in [2.75, 3.05) is 0 Å². The van der Waals surface area contributed by atoms with Crippen LogP contribution in [0.5, 0.6) is 0 Å². The Morgan fingerprint density at radius 2 is 1.92 bits per heavy atom. The van der Waals surface area contributed by atoms with Gasteiger partial charge in [0.2, 0.25) is 0 Å². The van der Waals surface area contributed by atoms with Gasteiger partial charge >= 0.3 is 0 Å². The van der Waals surface area contributed by atoms with Crippen LogP contribution < -0.4 is 0 Å². The highest BCUT2D eigenvalue weighted by Crippen LogP contribution is 2.34. The van der Waals surface area contributed by atoms with Crippen molar-refractivity contribution in [2.45, 2.75) is 40.5 Å². The minimum atomic E-state index is 0.286. The molecule has 0 saturated heterocycles. The lowest BCUT2D eigenvalue weighted by Gasteiger charge is -2.28. The van der Waals surface area contributed by atoms with Gasteiger partial charge in [-0.3, -0.25) is 0 Å². The van der Waals surface area contributed by atoms with E-state index in [0.717, 1.165) is 5.69 Å². The molecule has 1 heterocycles. The lowest BCUT2D eigenvalue weighted by Crippen LogP contribution is -2.16. The maximum Gasteiger partial charge on any atom is 0.0635 e. The van der Waals surface area contributed by atoms with Crippen molar-refractivity contribution in [3.63, 3.8) is 0 Å². The first-order chi connectivity index (χ1) is 5.93. The molecule has 0 aliphatic carbocycles. The topological polar surface area (TPSA) is 25.8 Å². The summed E-state index contributed by atoms with van der Waals surface area (Å²) in [6, 6.07) is 2.07. The third-order valence-electron chi connectivity index (χ3n) is 2.71. The number of hydrogen-bond donors (Lipinski definition) is 0. The summed E-state index contributed by atoms with van der Waals surface area (Å²) in [5, 5.41) is 7.92. The zero-order chi connectivity index (χ0) is 10.1. The lowest BCUT2D eigenvalue weighted by molar-refractivity contribution is 0.337. The van der Waals surface area contributed by atoms with Crippen LogP contribution in [-0.4, -0.2) is 10.2 Å². The summed E-state index contributed by atoms with van der Waals surface area (Å²) >= 11 is 0. The largest absolute Gasteiger partial charge is 0.159 e. The molecule has 1 unspecified atom stereocenters. The Morgan fingerprint density at radius 3 is 2.38 bits per heavy atom. The molecule has 0 saturated carbocycles. The second-order valence-corrected chi connectivity index (χ2v) is 4.66. The molecule has 0 aliphatic rings. The Labute approximate surface area is 80.4 Å². The van der Waals surface area contributed by atoms with E-state index in [-0.39, 0.29) is 5.41 Å². The number of nitrogens with zero attached hydrogens (tertiary/aromatic N) is 2. The molecule has 1 aromatic rings. The van der Waals surface area contributed by atoms with Gasteiger partial charge < -0.3 is 0 Å². The highest BCUT2D eigenvalue weighted by Gasteiger charge is 2.23. The monoisotopic (exact) mass is 178 g/mol. The molecular weight excluding hydrogens is 160 g/mol. The summed E-state index contributed by atoms with van der Waals surface area (Å²) in [5.74, 6) is 0.517. The van der Waals surface area contributed by atoms with Crippen molar-refractivity contribution in [1.82, 2.24) is 10.2 Å². The van der Waals surface area contributed by atoms with Crippen molar-refractivity contribution in [3.8, 4) is 0 Å². The highest BCUT2D eigenvalue weighted by atomic mass is 15.1. The third kappa shape index (κ3) is 2.27. The van der Waals surface area contributed by atoms with E-state index in [4.69, 9.17) is 0 Å². The first-order valence-electron chi connectivity index (χ1n) is 4.71. The van der Waals surface area contributed by atoms with Crippen LogP contribution in [0.1, 0.15) is 44.9 Å². The van der Waals surface area contributed by atoms with Gasteiger partial charge in [0.05, 0.1) is 5.69 Å². The van der Waals surface area contributed by atoms with Crippen LogP contribution >= 0.6 is 0 Å². The molecule has 1 aromatic heterocycles. The SMILES string of the molecule is Cc1nnccc1C(C)C(C)(C)C. The van der Waals surface area contributed by atoms with Crippen LogP contribution in [0.4, 0.5) is 0 Å². The maximum atomic E-state index is 4.06. The van der Waals surface area contributed by atoms with E-state index < -0.39 is 0 Å². The van der Waals surface area contributed by atoms with Gasteiger partial charge in [-0.2, -0.15) is 10.2 Å². The Morgan fingerprint density at radius 1 is 1.31 bits per heavy atom. The first kappa shape index (κ1) is 10.2. The van der Waals surface area contributed by atoms with Crippen molar-refractivity contribution in [2.24, 2.45) is 5.41 Å². The van der Waals surface area contributed by atoms with Crippen molar-refractivity contribution in [1.29, 1.82) is 0 Å². The number of aryl methyl sites for hydroxylation is 1. The van der Waals surface area contributed by atoms with Crippen molar-refractivity contribution in [3.05, 3.63) is 23.5 Å². The van der Waals surface area contributed by atoms with E-state index >= 15 is 0 Å². The van der Waals surface area contributed by atoms with Gasteiger partial charge in [0.25, 0.3) is 0 Å². The predicted molar refractivity (Wildman–Crippen MR) is 54.6 cm³/mol. The molecule has 2 heteroatoms. The molecule has 0 aliphatic heterocycles. The van der Waals surface area contributed by atoms with E-state index in [1.165, 1.54) is 5.56 Å². The molecule has 1 rings (SSSR count). The summed E-state index contributed by atoms with van der Waals surface area (Å²) in [7, 11) is 0. The van der Waals surface area contributed by atoms with Crippen LogP contribution in [0.25, 0.3) is 0 Å². The van der Waals surface area contributed by atoms with Gasteiger partial charge in [-0.1, -0.05) is 27.7 Å². The van der Waals surface area contributed by atoms with E-state index in [9.17, 15) is 0 Å². The van der Waals surface area contributed by atoms with Crippen molar-refractivity contribution < 1.29 is 0 Å². The van der Waals surface area contributed by atoms with E-state index in [1.807, 2.05) is 6.92 Å². The number of hydrogen-bond acceptors (Lipinski definition) is 2. The zero-order valence-electron chi connectivity index (χ0n) is 9.13. The fourth-order valence-electron chi connectivity index (χ4n) is 1.34. The zero-order valence-corrected chi connectivity index (χ0v) is 9.13. The minimum absolute atomic E-state index is 0.286. The summed E-state index contributed by atoms with van der Waals surface area (Å²) in [6.45, 7) is 11.0. The van der Waals surface area contributed by atoms with E-state index in [2.05, 4.69) is 44.0 Å². The molecule has 0 aromatic carbocycles. The predicted octanol–water partition coefficient (Wildman–Crippen LogP) is 2.93. The van der Waals surface area contributed by atoms with Gasteiger partial charge in [0.1, 0.15) is 0 Å². The van der Waals surface area contributed by atoms with Gasteiger partial charge in [0.15, 0.2) is 0 Å². The lowest BCUT2D eigenvalue weighted by atomic mass is 9.77. The number of aromatic nitrogens is 2. The quantitative estimate of drug-likeness (QED) is 0.660. The van der Waals surface area contributed by atoms with Crippen LogP contribution in [-0.2, 0) is 0 Å². The molecule has 0 spiro atoms. The second kappa shape index (κ2) is 3.44. The normalized spacial score (nSPS) is 14.2. The van der Waals surface area contributed by atoms with E-state index in [1.54, 1.807) is 6.20 Å². The Bertz CT molecular complexity index is 286. The number of rotatable bonds is 1. The van der Waals surface area contributed by atoms with Gasteiger partial charge in [0, 0.05) is 6.20 Å². The molecule has 13 heavy (non-hydrogen) atoms. The summed E-state index contributed by atoms with van der Waals surface area (Å²) in [6.07, 6.45) is 1.77. The Balaban J connectivity index is 3.02. The molecular formula is C11H18N2. The van der Waals surface area contributed by atoms with Gasteiger partial charge in [-0.05, 0) is 29.9 Å². The molecule has 0 amide bonds. The average Bonchev–Trinajstić information content (AvgIpc) is 2.02. The molecule has 72 valence electrons. The smallest absolute Gasteiger partial charge is 0.0635 e. The third-order valence-corrected chi connectivity index (χ3v) is 2.71. The van der Waals surface area contributed by atoms with Crippen LogP contribution in [0.3, 0.4) is 0 Å². The van der Waals surface area contributed by atoms with Gasteiger partial charge in [-0.15, -0.1) is 0 Å². The first-order valence-corrected chi connectivity index (χ1v) is 4.71. The second-order valence-electron chi connectivity index (χ2n) is 4.66. The van der Waals surface area contributed by atoms with Crippen LogP contribution in [0.15, 0.2) is 12.3 Å². The van der Waals surface area contributed by atoms with Crippen LogP contribution in [0.2, 0.25) is 0 Å². The summed E-state index contributed by atoms with van der Waals surface area (Å²) < 4.78 is 0. The van der Waals surface area contributed by atoms with E-state index in [0.29, 0.717) is 5.92 Å². The molecule has 1 atom stereocenters. The standard InChI is InChI=1S/C11H18N2/c1-8(11(3,4)5)10-6-7-12-13-9(10)2/h6-8H,1-5H3. The van der Waals surface area contributed by atoms with Crippen molar-refractivity contribution >= 4 is 0 Å². The van der Waals surface area contributed by atoms with Crippen LogP contribution in [0, 0.1) is 12.3 Å².